The number of amides is 1. The zero-order chi connectivity index (χ0) is 23.2. The summed E-state index contributed by atoms with van der Waals surface area (Å²) in [5.41, 5.74) is -1.28. The number of carbonyl (C=O) groups is 3. The van der Waals surface area contributed by atoms with Crippen LogP contribution < -0.4 is 5.32 Å². The van der Waals surface area contributed by atoms with Crippen LogP contribution in [0.4, 0.5) is 10.5 Å². The van der Waals surface area contributed by atoms with Gasteiger partial charge in [-0.2, -0.15) is 0 Å². The van der Waals surface area contributed by atoms with Gasteiger partial charge in [0.05, 0.1) is 23.6 Å². The van der Waals surface area contributed by atoms with Crippen LogP contribution in [0, 0.1) is 15.5 Å². The number of halogens is 3. The lowest BCUT2D eigenvalue weighted by atomic mass is 9.99. The molecule has 1 amide bonds. The van der Waals surface area contributed by atoms with Gasteiger partial charge < -0.3 is 19.5 Å². The number of hydrogen-bond donors (Lipinski definition) is 1. The summed E-state index contributed by atoms with van der Waals surface area (Å²) in [6.45, 7) is 0.983. The van der Waals surface area contributed by atoms with Crippen LogP contribution in [0.5, 0.6) is 0 Å². The van der Waals surface area contributed by atoms with Crippen molar-refractivity contribution in [2.45, 2.75) is 29.7 Å². The van der Waals surface area contributed by atoms with Gasteiger partial charge in [-0.1, -0.05) is 34.8 Å². The lowest BCUT2D eigenvalue weighted by Crippen LogP contribution is -2.44. The molecule has 1 aliphatic rings. The molecule has 0 spiro atoms. The number of alkyl halides is 3. The van der Waals surface area contributed by atoms with E-state index in [1.807, 2.05) is 0 Å². The second kappa shape index (κ2) is 10.3. The van der Waals surface area contributed by atoms with Crippen molar-refractivity contribution in [1.29, 1.82) is 0 Å². The summed E-state index contributed by atoms with van der Waals surface area (Å²) in [5, 5.41) is 13.1. The summed E-state index contributed by atoms with van der Waals surface area (Å²) in [4.78, 5) is 47.0. The van der Waals surface area contributed by atoms with Crippen LogP contribution in [0.15, 0.2) is 24.3 Å². The Morgan fingerprint density at radius 1 is 1.19 bits per heavy atom. The summed E-state index contributed by atoms with van der Waals surface area (Å²) in [5.74, 6) is -1.39. The van der Waals surface area contributed by atoms with E-state index in [2.05, 4.69) is 5.32 Å². The summed E-state index contributed by atoms with van der Waals surface area (Å²) >= 11 is 16.6. The van der Waals surface area contributed by atoms with Crippen molar-refractivity contribution < 1.29 is 33.5 Å². The van der Waals surface area contributed by atoms with Crippen LogP contribution in [0.1, 0.15) is 30.1 Å². The molecule has 1 aliphatic carbocycles. The van der Waals surface area contributed by atoms with Crippen molar-refractivity contribution >= 4 is 58.5 Å². The lowest BCUT2D eigenvalue weighted by molar-refractivity contribution is -0.384. The molecule has 2 rings (SSSR count). The number of carbonyl (C=O) groups excluding carboxylic acids is 3. The molecule has 0 aliphatic heterocycles. The molecule has 0 saturated heterocycles. The van der Waals surface area contributed by atoms with Gasteiger partial charge in [-0.05, 0) is 31.9 Å². The van der Waals surface area contributed by atoms with E-state index >= 15 is 0 Å². The number of nitro benzene ring substituents is 1. The number of non-ortho nitro benzene ring substituents is 1. The smallest absolute Gasteiger partial charge is 0.407 e. The zero-order valence-electron chi connectivity index (χ0n) is 16.3. The Balaban J connectivity index is 2.10. The van der Waals surface area contributed by atoms with Gasteiger partial charge in [-0.15, -0.1) is 0 Å². The average Bonchev–Trinajstić information content (AvgIpc) is 3.51. The maximum atomic E-state index is 12.6. The number of nitrogens with zero attached hydrogens (tertiary/aromatic N) is 1. The first-order chi connectivity index (χ1) is 14.5. The van der Waals surface area contributed by atoms with E-state index in [-0.39, 0.29) is 24.4 Å². The molecule has 31 heavy (non-hydrogen) atoms. The second-order valence-electron chi connectivity index (χ2n) is 6.65. The molecule has 1 fully saturated rings. The zero-order valence-corrected chi connectivity index (χ0v) is 18.5. The molecule has 0 radical (unpaired) electrons. The number of rotatable bonds is 9. The molecule has 0 heterocycles. The fourth-order valence-corrected chi connectivity index (χ4v) is 2.87. The van der Waals surface area contributed by atoms with Crippen molar-refractivity contribution in [3.63, 3.8) is 0 Å². The fourth-order valence-electron chi connectivity index (χ4n) is 2.71. The highest BCUT2D eigenvalue weighted by Crippen LogP contribution is 2.51. The first-order valence-corrected chi connectivity index (χ1v) is 10.2. The molecule has 13 heteroatoms. The Morgan fingerprint density at radius 2 is 1.81 bits per heavy atom. The van der Waals surface area contributed by atoms with Crippen LogP contribution >= 0.6 is 34.8 Å². The summed E-state index contributed by atoms with van der Waals surface area (Å²) < 4.78 is 13.5. The number of ether oxygens (including phenoxy) is 3. The van der Waals surface area contributed by atoms with Gasteiger partial charge in [-0.3, -0.25) is 14.9 Å². The lowest BCUT2D eigenvalue weighted by Gasteiger charge is -2.25. The third kappa shape index (κ3) is 7.12. The average molecular weight is 498 g/mol. The van der Waals surface area contributed by atoms with E-state index < -0.39 is 44.9 Å². The van der Waals surface area contributed by atoms with E-state index in [0.29, 0.717) is 12.8 Å². The molecule has 1 unspecified atom stereocenters. The third-order valence-electron chi connectivity index (χ3n) is 4.45. The van der Waals surface area contributed by atoms with Gasteiger partial charge in [0.1, 0.15) is 18.1 Å². The topological polar surface area (TPSA) is 134 Å². The van der Waals surface area contributed by atoms with Gasteiger partial charge in [0.2, 0.25) is 3.79 Å². The van der Waals surface area contributed by atoms with Gasteiger partial charge in [0.15, 0.2) is 0 Å². The van der Waals surface area contributed by atoms with Crippen LogP contribution in [0.2, 0.25) is 0 Å². The second-order valence-corrected chi connectivity index (χ2v) is 9.16. The fraction of sp³-hybridized carbons (Fsp3) is 0.500. The minimum absolute atomic E-state index is 0.0361. The molecule has 0 aromatic heterocycles. The number of nitro groups is 1. The number of benzene rings is 1. The maximum Gasteiger partial charge on any atom is 0.407 e. The minimum Gasteiger partial charge on any atom is -0.465 e. The van der Waals surface area contributed by atoms with Crippen LogP contribution in [0.25, 0.3) is 0 Å². The standard InChI is InChI=1S/C18H19Cl3N2O8/c1-2-29-15(25)17(7-8-17)13(9-22-16(26)30-10-18(19,20)21)31-14(24)11-3-5-12(6-4-11)23(27)28/h3-6,13H,2,7-10H2,1H3,(H,22,26). The normalized spacial score (nSPS) is 15.4. The molecule has 1 atom stereocenters. The highest BCUT2D eigenvalue weighted by Gasteiger charge is 2.59. The SMILES string of the molecule is CCOC(=O)C1(C(CNC(=O)OCC(Cl)(Cl)Cl)OC(=O)c2ccc([N+](=O)[O-])cc2)CC1. The van der Waals surface area contributed by atoms with Crippen LogP contribution in [-0.2, 0) is 19.0 Å². The third-order valence-corrected chi connectivity index (χ3v) is 4.78. The first kappa shape index (κ1) is 25.0. The summed E-state index contributed by atoms with van der Waals surface area (Å²) in [7, 11) is 0. The largest absolute Gasteiger partial charge is 0.465 e. The van der Waals surface area contributed by atoms with Gasteiger partial charge in [0.25, 0.3) is 5.69 Å². The Bertz CT molecular complexity index is 837. The van der Waals surface area contributed by atoms with Gasteiger partial charge in [-0.25, -0.2) is 9.59 Å². The number of nitrogens with one attached hydrogen (secondary N) is 1. The van der Waals surface area contributed by atoms with Crippen molar-refractivity contribution in [1.82, 2.24) is 5.32 Å². The molecule has 10 nitrogen and oxygen atoms in total. The quantitative estimate of drug-likeness (QED) is 0.180. The Hall–Kier alpha value is -2.30. The number of alkyl carbamates (subject to hydrolysis) is 1. The summed E-state index contributed by atoms with van der Waals surface area (Å²) in [6.07, 6.45) is -1.25. The molecule has 170 valence electrons. The molecule has 1 saturated carbocycles. The number of hydrogen-bond acceptors (Lipinski definition) is 8. The monoisotopic (exact) mass is 496 g/mol. The molecule has 1 aromatic carbocycles. The summed E-state index contributed by atoms with van der Waals surface area (Å²) in [6, 6.07) is 4.75. The van der Waals surface area contributed by atoms with Gasteiger partial charge in [0, 0.05) is 12.1 Å². The van der Waals surface area contributed by atoms with E-state index in [9.17, 15) is 24.5 Å². The molecule has 0 bridgehead atoms. The minimum atomic E-state index is -1.80. The van der Waals surface area contributed by atoms with E-state index in [1.54, 1.807) is 6.92 Å². The first-order valence-electron chi connectivity index (χ1n) is 9.08. The van der Waals surface area contributed by atoms with E-state index in [4.69, 9.17) is 49.0 Å². The Morgan fingerprint density at radius 3 is 2.29 bits per heavy atom. The highest BCUT2D eigenvalue weighted by molar-refractivity contribution is 6.67. The Labute approximate surface area is 192 Å². The molecule has 1 N–H and O–H groups in total. The number of esters is 2. The van der Waals surface area contributed by atoms with E-state index in [1.165, 1.54) is 12.1 Å². The predicted octanol–water partition coefficient (Wildman–Crippen LogP) is 3.56. The van der Waals surface area contributed by atoms with Crippen LogP contribution in [0.3, 0.4) is 0 Å². The van der Waals surface area contributed by atoms with E-state index in [0.717, 1.165) is 12.1 Å². The van der Waals surface area contributed by atoms with Crippen molar-refractivity contribution in [3.05, 3.63) is 39.9 Å². The molecular weight excluding hydrogens is 479 g/mol. The van der Waals surface area contributed by atoms with Crippen LogP contribution in [-0.4, -0.2) is 52.6 Å². The van der Waals surface area contributed by atoms with Crippen molar-refractivity contribution in [2.75, 3.05) is 19.8 Å². The van der Waals surface area contributed by atoms with Gasteiger partial charge >= 0.3 is 18.0 Å². The van der Waals surface area contributed by atoms with Crippen molar-refractivity contribution in [2.24, 2.45) is 5.41 Å². The maximum absolute atomic E-state index is 12.6. The predicted molar refractivity (Wildman–Crippen MR) is 110 cm³/mol. The highest BCUT2D eigenvalue weighted by atomic mass is 35.6. The molecule has 1 aromatic rings. The van der Waals surface area contributed by atoms with Crippen molar-refractivity contribution in [3.8, 4) is 0 Å². The molecular formula is C18H19Cl3N2O8. The Kier molecular flexibility index (Phi) is 8.33.